The second-order valence-electron chi connectivity index (χ2n) is 9.12. The summed E-state index contributed by atoms with van der Waals surface area (Å²) in [5, 5.41) is 13.8. The van der Waals surface area contributed by atoms with Crippen molar-refractivity contribution in [2.45, 2.75) is 33.2 Å². The molecule has 1 aliphatic heterocycles. The number of benzene rings is 2. The van der Waals surface area contributed by atoms with Gasteiger partial charge in [0.15, 0.2) is 0 Å². The third-order valence-electron chi connectivity index (χ3n) is 6.40. The van der Waals surface area contributed by atoms with Crippen LogP contribution in [0.15, 0.2) is 48.5 Å². The molecule has 1 amide bonds. The summed E-state index contributed by atoms with van der Waals surface area (Å²) in [7, 11) is 1.61. The molecule has 2 heterocycles. The number of amides is 1. The number of aromatic hydroxyl groups is 1. The number of hydrogen-bond acceptors (Lipinski definition) is 5. The molecule has 3 aromatic rings. The van der Waals surface area contributed by atoms with Crippen molar-refractivity contribution in [1.82, 2.24) is 14.8 Å². The van der Waals surface area contributed by atoms with Gasteiger partial charge in [0.2, 0.25) is 0 Å². The number of morpholine rings is 1. The van der Waals surface area contributed by atoms with Gasteiger partial charge in [0.05, 0.1) is 26.0 Å². The Labute approximate surface area is 207 Å². The van der Waals surface area contributed by atoms with Crippen molar-refractivity contribution in [1.29, 1.82) is 0 Å². The zero-order chi connectivity index (χ0) is 24.9. The average molecular weight is 478 g/mol. The Kier molecular flexibility index (Phi) is 7.78. The van der Waals surface area contributed by atoms with Crippen LogP contribution < -0.4 is 10.1 Å². The van der Waals surface area contributed by atoms with Crippen LogP contribution in [0, 0.1) is 0 Å². The standard InChI is InChI=1S/C28H35N3O4/c1-5-29-28(33)25-11-10-24(23-16-22(19(2)3)27(34-4)17-26(23)32)31(25)21-8-6-20(7-9-21)18-30-12-14-35-15-13-30/h6-11,16-17,19,32H,5,12-15,18H2,1-4H3,(H,29,33). The predicted octanol–water partition coefficient (Wildman–Crippen LogP) is 4.56. The van der Waals surface area contributed by atoms with Crippen molar-refractivity contribution < 1.29 is 19.4 Å². The van der Waals surface area contributed by atoms with Gasteiger partial charge in [-0.15, -0.1) is 0 Å². The third kappa shape index (κ3) is 5.36. The van der Waals surface area contributed by atoms with Gasteiger partial charge in [-0.25, -0.2) is 0 Å². The first kappa shape index (κ1) is 24.8. The van der Waals surface area contributed by atoms with Gasteiger partial charge in [-0.1, -0.05) is 26.0 Å². The molecule has 186 valence electrons. The highest BCUT2D eigenvalue weighted by Gasteiger charge is 2.21. The summed E-state index contributed by atoms with van der Waals surface area (Å²) >= 11 is 0. The lowest BCUT2D eigenvalue weighted by Gasteiger charge is -2.26. The fourth-order valence-corrected chi connectivity index (χ4v) is 4.54. The molecule has 0 aliphatic carbocycles. The van der Waals surface area contributed by atoms with Crippen molar-refractivity contribution in [2.75, 3.05) is 40.0 Å². The van der Waals surface area contributed by atoms with E-state index in [0.717, 1.165) is 49.8 Å². The van der Waals surface area contributed by atoms with E-state index in [1.54, 1.807) is 19.2 Å². The Balaban J connectivity index is 1.77. The molecular weight excluding hydrogens is 442 g/mol. The van der Waals surface area contributed by atoms with E-state index in [2.05, 4.69) is 36.2 Å². The minimum Gasteiger partial charge on any atom is -0.507 e. The number of carbonyl (C=O) groups is 1. The van der Waals surface area contributed by atoms with Crippen LogP contribution in [-0.4, -0.2) is 60.4 Å². The molecule has 1 saturated heterocycles. The van der Waals surface area contributed by atoms with Crippen LogP contribution in [0.2, 0.25) is 0 Å². The van der Waals surface area contributed by atoms with Gasteiger partial charge >= 0.3 is 0 Å². The van der Waals surface area contributed by atoms with Crippen LogP contribution in [0.5, 0.6) is 11.5 Å². The molecule has 1 aromatic heterocycles. The van der Waals surface area contributed by atoms with Crippen molar-refractivity contribution in [3.63, 3.8) is 0 Å². The van der Waals surface area contributed by atoms with Gasteiger partial charge in [-0.2, -0.15) is 0 Å². The van der Waals surface area contributed by atoms with E-state index < -0.39 is 0 Å². The number of aromatic nitrogens is 1. The quantitative estimate of drug-likeness (QED) is 0.497. The lowest BCUT2D eigenvalue weighted by atomic mass is 9.97. The van der Waals surface area contributed by atoms with Gasteiger partial charge in [-0.3, -0.25) is 9.69 Å². The number of nitrogens with one attached hydrogen (secondary N) is 1. The predicted molar refractivity (Wildman–Crippen MR) is 138 cm³/mol. The Morgan fingerprint density at radius 1 is 1.11 bits per heavy atom. The Morgan fingerprint density at radius 2 is 1.83 bits per heavy atom. The van der Waals surface area contributed by atoms with Gasteiger partial charge < -0.3 is 24.5 Å². The molecule has 2 aromatic carbocycles. The van der Waals surface area contributed by atoms with Crippen molar-refractivity contribution in [3.05, 3.63) is 65.4 Å². The monoisotopic (exact) mass is 477 g/mol. The molecule has 0 atom stereocenters. The highest BCUT2D eigenvalue weighted by atomic mass is 16.5. The molecule has 1 aliphatic rings. The molecule has 0 unspecified atom stereocenters. The van der Waals surface area contributed by atoms with Crippen LogP contribution in [-0.2, 0) is 11.3 Å². The molecule has 4 rings (SSSR count). The summed E-state index contributed by atoms with van der Waals surface area (Å²) in [5.74, 6) is 0.802. The number of carbonyl (C=O) groups excluding carboxylic acids is 1. The number of phenols is 1. The molecule has 7 nitrogen and oxygen atoms in total. The van der Waals surface area contributed by atoms with E-state index in [1.165, 1.54) is 5.56 Å². The van der Waals surface area contributed by atoms with E-state index in [4.69, 9.17) is 9.47 Å². The minimum atomic E-state index is -0.159. The van der Waals surface area contributed by atoms with Crippen LogP contribution in [0.3, 0.4) is 0 Å². The zero-order valence-electron chi connectivity index (χ0n) is 21.0. The summed E-state index contributed by atoms with van der Waals surface area (Å²) < 4.78 is 12.9. The molecule has 0 saturated carbocycles. The Morgan fingerprint density at radius 3 is 2.46 bits per heavy atom. The Hall–Kier alpha value is -3.29. The van der Waals surface area contributed by atoms with Crippen LogP contribution in [0.4, 0.5) is 0 Å². The highest BCUT2D eigenvalue weighted by Crippen LogP contribution is 2.40. The second-order valence-corrected chi connectivity index (χ2v) is 9.12. The maximum atomic E-state index is 12.9. The summed E-state index contributed by atoms with van der Waals surface area (Å²) in [6.45, 7) is 10.9. The molecular formula is C28H35N3O4. The Bertz CT molecular complexity index is 1160. The van der Waals surface area contributed by atoms with Gasteiger partial charge in [0.1, 0.15) is 17.2 Å². The lowest BCUT2D eigenvalue weighted by Crippen LogP contribution is -2.35. The first-order chi connectivity index (χ1) is 16.9. The van der Waals surface area contributed by atoms with E-state index in [1.807, 2.05) is 35.8 Å². The zero-order valence-corrected chi connectivity index (χ0v) is 21.0. The van der Waals surface area contributed by atoms with Gasteiger partial charge in [-0.05, 0) is 54.3 Å². The van der Waals surface area contributed by atoms with Gasteiger partial charge in [0, 0.05) is 43.5 Å². The molecule has 7 heteroatoms. The number of methoxy groups -OCH3 is 1. The summed E-state index contributed by atoms with van der Waals surface area (Å²) in [4.78, 5) is 15.3. The van der Waals surface area contributed by atoms with Crippen LogP contribution in [0.1, 0.15) is 48.3 Å². The topological polar surface area (TPSA) is 76.0 Å². The molecule has 35 heavy (non-hydrogen) atoms. The molecule has 2 N–H and O–H groups in total. The number of rotatable bonds is 8. The number of nitrogens with zero attached hydrogens (tertiary/aromatic N) is 2. The summed E-state index contributed by atoms with van der Waals surface area (Å²) in [5.41, 5.74) is 4.98. The average Bonchev–Trinajstić information content (AvgIpc) is 3.30. The number of ether oxygens (including phenoxy) is 2. The first-order valence-electron chi connectivity index (χ1n) is 12.2. The smallest absolute Gasteiger partial charge is 0.268 e. The van der Waals surface area contributed by atoms with E-state index in [9.17, 15) is 9.90 Å². The molecule has 0 bridgehead atoms. The lowest BCUT2D eigenvalue weighted by molar-refractivity contribution is 0.0342. The largest absolute Gasteiger partial charge is 0.507 e. The fraction of sp³-hybridized carbons (Fsp3) is 0.393. The van der Waals surface area contributed by atoms with Crippen molar-refractivity contribution in [3.8, 4) is 28.4 Å². The van der Waals surface area contributed by atoms with Crippen molar-refractivity contribution in [2.24, 2.45) is 0 Å². The number of hydrogen-bond donors (Lipinski definition) is 2. The second kappa shape index (κ2) is 11.0. The maximum absolute atomic E-state index is 12.9. The van der Waals surface area contributed by atoms with Crippen LogP contribution >= 0.6 is 0 Å². The van der Waals surface area contributed by atoms with Crippen molar-refractivity contribution >= 4 is 5.91 Å². The SMILES string of the molecule is CCNC(=O)c1ccc(-c2cc(C(C)C)c(OC)cc2O)n1-c1ccc(CN2CCOCC2)cc1. The third-order valence-corrected chi connectivity index (χ3v) is 6.40. The van der Waals surface area contributed by atoms with E-state index in [0.29, 0.717) is 23.6 Å². The fourth-order valence-electron chi connectivity index (χ4n) is 4.54. The van der Waals surface area contributed by atoms with E-state index >= 15 is 0 Å². The number of phenolic OH excluding ortho intramolecular Hbond substituents is 1. The molecule has 0 radical (unpaired) electrons. The minimum absolute atomic E-state index is 0.108. The molecule has 1 fully saturated rings. The highest BCUT2D eigenvalue weighted by molar-refractivity contribution is 5.95. The normalized spacial score (nSPS) is 14.3. The first-order valence-corrected chi connectivity index (χ1v) is 12.2. The maximum Gasteiger partial charge on any atom is 0.268 e. The van der Waals surface area contributed by atoms with Gasteiger partial charge in [0.25, 0.3) is 5.91 Å². The van der Waals surface area contributed by atoms with Crippen LogP contribution in [0.25, 0.3) is 16.9 Å². The van der Waals surface area contributed by atoms with E-state index in [-0.39, 0.29) is 17.6 Å². The summed E-state index contributed by atoms with van der Waals surface area (Å²) in [6.07, 6.45) is 0. The summed E-state index contributed by atoms with van der Waals surface area (Å²) in [6, 6.07) is 15.6. The molecule has 0 spiro atoms.